The largest absolute Gasteiger partial charge is 0.458 e. The van der Waals surface area contributed by atoms with Crippen LogP contribution in [0.3, 0.4) is 0 Å². The average molecular weight is 530 g/mol. The first-order valence-corrected chi connectivity index (χ1v) is 12.2. The van der Waals surface area contributed by atoms with Crippen LogP contribution in [0, 0.1) is 16.0 Å². The summed E-state index contributed by atoms with van der Waals surface area (Å²) in [7, 11) is 0. The Kier molecular flexibility index (Phi) is 5.94. The third-order valence-corrected chi connectivity index (χ3v) is 6.98. The number of benzene rings is 3. The molecule has 4 aromatic rings. The topological polar surface area (TPSA) is 106 Å². The standard InChI is InChI=1S/C28H20ClN3O6/c29-18-11-12-20(21(15-18)32(35)36)22-13-14-23(37-22)25-24-26(38-31(25)19-9-5-2-6-10-19)28(34)30(27(24)33)16-17-7-3-1-4-8-17/h1-15,24-26H,16H2/t24-,25+,26+/m1/s1. The Labute approximate surface area is 221 Å². The molecule has 9 nitrogen and oxygen atoms in total. The van der Waals surface area contributed by atoms with Crippen LogP contribution in [0.5, 0.6) is 0 Å². The zero-order valence-corrected chi connectivity index (χ0v) is 20.5. The van der Waals surface area contributed by atoms with Gasteiger partial charge in [0.1, 0.15) is 23.5 Å². The number of amides is 2. The number of hydrogen-bond acceptors (Lipinski definition) is 7. The third-order valence-electron chi connectivity index (χ3n) is 6.74. The Balaban J connectivity index is 1.40. The molecule has 0 saturated carbocycles. The van der Waals surface area contributed by atoms with E-state index in [0.717, 1.165) is 5.56 Å². The van der Waals surface area contributed by atoms with Gasteiger partial charge in [-0.2, -0.15) is 0 Å². The van der Waals surface area contributed by atoms with Crippen molar-refractivity contribution >= 4 is 34.8 Å². The Morgan fingerprint density at radius 1 is 0.895 bits per heavy atom. The van der Waals surface area contributed by atoms with Gasteiger partial charge in [-0.05, 0) is 42.0 Å². The number of fused-ring (bicyclic) bond motifs is 1. The van der Waals surface area contributed by atoms with Crippen LogP contribution in [0.2, 0.25) is 5.02 Å². The van der Waals surface area contributed by atoms with E-state index in [0.29, 0.717) is 11.4 Å². The number of carbonyl (C=O) groups is 2. The summed E-state index contributed by atoms with van der Waals surface area (Å²) >= 11 is 5.97. The molecule has 38 heavy (non-hydrogen) atoms. The molecule has 3 atom stereocenters. The molecule has 0 N–H and O–H groups in total. The number of carbonyl (C=O) groups excluding carboxylic acids is 2. The summed E-state index contributed by atoms with van der Waals surface area (Å²) in [4.78, 5) is 45.5. The van der Waals surface area contributed by atoms with Crippen LogP contribution < -0.4 is 5.06 Å². The van der Waals surface area contributed by atoms with Crippen LogP contribution in [0.15, 0.2) is 95.4 Å². The second-order valence-corrected chi connectivity index (χ2v) is 9.46. The molecule has 2 saturated heterocycles. The van der Waals surface area contributed by atoms with E-state index in [2.05, 4.69) is 0 Å². The van der Waals surface area contributed by atoms with Crippen molar-refractivity contribution in [1.29, 1.82) is 0 Å². The first-order chi connectivity index (χ1) is 18.4. The van der Waals surface area contributed by atoms with E-state index in [1.54, 1.807) is 24.3 Å². The second-order valence-electron chi connectivity index (χ2n) is 9.03. The van der Waals surface area contributed by atoms with E-state index < -0.39 is 28.9 Å². The number of furan rings is 1. The number of nitro benzene ring substituents is 1. The van der Waals surface area contributed by atoms with Gasteiger partial charge >= 0.3 is 0 Å². The fourth-order valence-electron chi connectivity index (χ4n) is 5.00. The fourth-order valence-corrected chi connectivity index (χ4v) is 5.17. The number of hydroxylamine groups is 1. The summed E-state index contributed by atoms with van der Waals surface area (Å²) in [5.41, 5.74) is 1.49. The molecule has 2 amide bonds. The molecule has 3 heterocycles. The van der Waals surface area contributed by atoms with Crippen molar-refractivity contribution in [2.75, 3.05) is 5.06 Å². The van der Waals surface area contributed by atoms with Crippen LogP contribution in [0.4, 0.5) is 11.4 Å². The van der Waals surface area contributed by atoms with Gasteiger partial charge in [-0.1, -0.05) is 60.1 Å². The van der Waals surface area contributed by atoms with Crippen molar-refractivity contribution in [1.82, 2.24) is 4.90 Å². The first-order valence-electron chi connectivity index (χ1n) is 11.9. The molecule has 6 rings (SSSR count). The summed E-state index contributed by atoms with van der Waals surface area (Å²) in [6.45, 7) is 0.132. The number of rotatable bonds is 6. The Bertz CT molecular complexity index is 1540. The lowest BCUT2D eigenvalue weighted by Crippen LogP contribution is -2.36. The number of nitro groups is 1. The zero-order chi connectivity index (χ0) is 26.4. The fraction of sp³-hybridized carbons (Fsp3) is 0.143. The molecule has 2 aliphatic rings. The monoisotopic (exact) mass is 529 g/mol. The van der Waals surface area contributed by atoms with Gasteiger partial charge in [-0.15, -0.1) is 0 Å². The van der Waals surface area contributed by atoms with Crippen molar-refractivity contribution in [2.45, 2.75) is 18.7 Å². The van der Waals surface area contributed by atoms with Gasteiger partial charge in [0.2, 0.25) is 5.91 Å². The minimum absolute atomic E-state index is 0.132. The lowest BCUT2D eigenvalue weighted by atomic mass is 9.94. The van der Waals surface area contributed by atoms with Crippen LogP contribution in [0.1, 0.15) is 17.4 Å². The molecule has 10 heteroatoms. The molecule has 2 aliphatic heterocycles. The quantitative estimate of drug-likeness (QED) is 0.183. The van der Waals surface area contributed by atoms with E-state index in [9.17, 15) is 19.7 Å². The normalized spacial score (nSPS) is 20.7. The Morgan fingerprint density at radius 2 is 1.61 bits per heavy atom. The van der Waals surface area contributed by atoms with E-state index in [4.69, 9.17) is 20.9 Å². The van der Waals surface area contributed by atoms with Crippen molar-refractivity contribution < 1.29 is 23.8 Å². The second kappa shape index (κ2) is 9.44. The number of likely N-dealkylation sites (tertiary alicyclic amines) is 1. The summed E-state index contributed by atoms with van der Waals surface area (Å²) in [6.07, 6.45) is -1.03. The Morgan fingerprint density at radius 3 is 2.32 bits per heavy atom. The smallest absolute Gasteiger partial charge is 0.281 e. The first kappa shape index (κ1) is 23.9. The molecular weight excluding hydrogens is 510 g/mol. The Hall–Kier alpha value is -4.47. The minimum Gasteiger partial charge on any atom is -0.458 e. The molecule has 0 radical (unpaired) electrons. The predicted molar refractivity (Wildman–Crippen MR) is 138 cm³/mol. The van der Waals surface area contributed by atoms with Gasteiger partial charge in [-0.3, -0.25) is 29.4 Å². The lowest BCUT2D eigenvalue weighted by Gasteiger charge is -2.27. The van der Waals surface area contributed by atoms with E-state index >= 15 is 0 Å². The maximum atomic E-state index is 13.7. The van der Waals surface area contributed by atoms with Crippen molar-refractivity contribution in [3.05, 3.63) is 117 Å². The molecule has 0 unspecified atom stereocenters. The van der Waals surface area contributed by atoms with E-state index in [1.807, 2.05) is 48.5 Å². The molecule has 1 aromatic heterocycles. The molecule has 2 fully saturated rings. The number of halogens is 1. The third kappa shape index (κ3) is 4.02. The van der Waals surface area contributed by atoms with Crippen LogP contribution in [-0.2, 0) is 21.0 Å². The zero-order valence-electron chi connectivity index (χ0n) is 19.8. The highest BCUT2D eigenvalue weighted by atomic mass is 35.5. The molecule has 190 valence electrons. The highest BCUT2D eigenvalue weighted by Gasteiger charge is 2.60. The molecule has 0 bridgehead atoms. The lowest BCUT2D eigenvalue weighted by molar-refractivity contribution is -0.384. The van der Waals surface area contributed by atoms with Crippen molar-refractivity contribution in [3.63, 3.8) is 0 Å². The maximum Gasteiger partial charge on any atom is 0.281 e. The van der Waals surface area contributed by atoms with Gasteiger partial charge in [0.05, 0.1) is 22.7 Å². The van der Waals surface area contributed by atoms with Crippen LogP contribution in [0.25, 0.3) is 11.3 Å². The van der Waals surface area contributed by atoms with Gasteiger partial charge in [0, 0.05) is 11.1 Å². The number of anilines is 1. The summed E-state index contributed by atoms with van der Waals surface area (Å²) in [5, 5.41) is 13.4. The molecule has 0 spiro atoms. The number of hydrogen-bond donors (Lipinski definition) is 0. The maximum absolute atomic E-state index is 13.7. The van der Waals surface area contributed by atoms with Crippen molar-refractivity contribution in [3.8, 4) is 11.3 Å². The summed E-state index contributed by atoms with van der Waals surface area (Å²) in [6, 6.07) is 25.1. The summed E-state index contributed by atoms with van der Waals surface area (Å²) in [5.74, 6) is -1.10. The molecular formula is C28H20ClN3O6. The highest BCUT2D eigenvalue weighted by molar-refractivity contribution is 6.30. The van der Waals surface area contributed by atoms with Gasteiger partial charge in [0.25, 0.3) is 11.6 Å². The predicted octanol–water partition coefficient (Wildman–Crippen LogP) is 5.55. The number of nitrogens with zero attached hydrogens (tertiary/aromatic N) is 3. The minimum atomic E-state index is -1.03. The number of imide groups is 1. The van der Waals surface area contributed by atoms with E-state index in [-0.39, 0.29) is 34.5 Å². The van der Waals surface area contributed by atoms with E-state index in [1.165, 1.54) is 28.2 Å². The average Bonchev–Trinajstić information content (AvgIpc) is 3.62. The molecule has 0 aliphatic carbocycles. The van der Waals surface area contributed by atoms with Crippen LogP contribution in [-0.4, -0.2) is 27.7 Å². The van der Waals surface area contributed by atoms with Gasteiger partial charge in [-0.25, -0.2) is 5.06 Å². The SMILES string of the molecule is O=C1[C@H]2[C@H](ON(c3ccccc3)[C@H]2c2ccc(-c3ccc(Cl)cc3[N+](=O)[O-])o2)C(=O)N1Cc1ccccc1. The summed E-state index contributed by atoms with van der Waals surface area (Å²) < 4.78 is 6.13. The number of para-hydroxylation sites is 1. The van der Waals surface area contributed by atoms with Crippen molar-refractivity contribution in [2.24, 2.45) is 5.92 Å². The molecule has 3 aromatic carbocycles. The van der Waals surface area contributed by atoms with Crippen LogP contribution >= 0.6 is 11.6 Å². The van der Waals surface area contributed by atoms with Gasteiger partial charge in [0.15, 0.2) is 6.10 Å². The highest BCUT2D eigenvalue weighted by Crippen LogP contribution is 2.48. The van der Waals surface area contributed by atoms with Gasteiger partial charge < -0.3 is 4.42 Å².